The largest absolute Gasteiger partial charge is 0.494 e. The molecule has 0 aliphatic carbocycles. The number of anilines is 2. The van der Waals surface area contributed by atoms with Gasteiger partial charge in [0, 0.05) is 11.4 Å². The van der Waals surface area contributed by atoms with Gasteiger partial charge in [-0.05, 0) is 74.0 Å². The number of benzene rings is 2. The molecule has 0 aliphatic rings. The van der Waals surface area contributed by atoms with E-state index in [1.807, 2.05) is 31.2 Å². The average molecular weight is 391 g/mol. The molecule has 0 spiro atoms. The van der Waals surface area contributed by atoms with E-state index in [9.17, 15) is 4.79 Å². The number of carbonyl (C=O) groups excluding carboxylic acids is 1. The lowest BCUT2D eigenvalue weighted by atomic mass is 10.2. The first kappa shape index (κ1) is 20.2. The summed E-state index contributed by atoms with van der Waals surface area (Å²) < 4.78 is 11.5. The maximum absolute atomic E-state index is 12.4. The molecule has 150 valence electrons. The average Bonchev–Trinajstić information content (AvgIpc) is 2.71. The van der Waals surface area contributed by atoms with Crippen molar-refractivity contribution in [2.75, 3.05) is 17.7 Å². The summed E-state index contributed by atoms with van der Waals surface area (Å²) in [5, 5.41) is 2.81. The van der Waals surface area contributed by atoms with Gasteiger partial charge in [0.05, 0.1) is 12.2 Å². The van der Waals surface area contributed by atoms with E-state index in [2.05, 4.69) is 17.2 Å². The fourth-order valence-electron chi connectivity index (χ4n) is 2.65. The first-order valence-corrected chi connectivity index (χ1v) is 9.60. The minimum atomic E-state index is -0.303. The predicted molar refractivity (Wildman–Crippen MR) is 115 cm³/mol. The number of rotatable bonds is 8. The minimum absolute atomic E-state index is 0.213. The highest BCUT2D eigenvalue weighted by molar-refractivity contribution is 6.07. The molecule has 6 nitrogen and oxygen atoms in total. The predicted octanol–water partition coefficient (Wildman–Crippen LogP) is 5.20. The van der Waals surface area contributed by atoms with Gasteiger partial charge in [0.2, 0.25) is 0 Å². The van der Waals surface area contributed by atoms with E-state index >= 15 is 0 Å². The molecule has 0 radical (unpaired) electrons. The first-order chi connectivity index (χ1) is 14.0. The van der Waals surface area contributed by atoms with Gasteiger partial charge >= 0.3 is 0 Å². The molecule has 0 bridgehead atoms. The Kier molecular flexibility index (Phi) is 6.68. The lowest BCUT2D eigenvalue weighted by Gasteiger charge is -2.10. The summed E-state index contributed by atoms with van der Waals surface area (Å²) in [5.41, 5.74) is 7.58. The number of aryl methyl sites for hydroxylation is 1. The zero-order valence-corrected chi connectivity index (χ0v) is 16.6. The second-order valence-electron chi connectivity index (χ2n) is 6.64. The molecule has 1 heterocycles. The summed E-state index contributed by atoms with van der Waals surface area (Å²) in [6, 6.07) is 18.0. The molecule has 0 saturated carbocycles. The van der Waals surface area contributed by atoms with Gasteiger partial charge in [-0.25, -0.2) is 4.98 Å². The van der Waals surface area contributed by atoms with Gasteiger partial charge in [0.15, 0.2) is 0 Å². The van der Waals surface area contributed by atoms with Gasteiger partial charge in [-0.2, -0.15) is 0 Å². The molecular weight excluding hydrogens is 366 g/mol. The lowest BCUT2D eigenvalue weighted by molar-refractivity contribution is 0.102. The number of carbonyl (C=O) groups is 1. The van der Waals surface area contributed by atoms with Gasteiger partial charge in [-0.1, -0.05) is 13.3 Å². The fourth-order valence-corrected chi connectivity index (χ4v) is 2.65. The van der Waals surface area contributed by atoms with E-state index in [4.69, 9.17) is 15.2 Å². The SMILES string of the molecule is CCCCOc1ccc(Oc2ccc(NC(=O)c3ccc(C)nc3N)cc2)cc1. The number of nitrogens with one attached hydrogen (secondary N) is 1. The molecule has 0 saturated heterocycles. The van der Waals surface area contributed by atoms with Crippen LogP contribution in [0, 0.1) is 6.92 Å². The van der Waals surface area contributed by atoms with E-state index in [1.165, 1.54) is 0 Å². The number of aromatic nitrogens is 1. The van der Waals surface area contributed by atoms with E-state index in [0.29, 0.717) is 29.4 Å². The third-order valence-electron chi connectivity index (χ3n) is 4.25. The molecule has 3 rings (SSSR count). The number of hydrogen-bond acceptors (Lipinski definition) is 5. The topological polar surface area (TPSA) is 86.5 Å². The molecule has 0 fully saturated rings. The Morgan fingerprint density at radius 2 is 1.59 bits per heavy atom. The molecule has 2 aromatic carbocycles. The molecule has 6 heteroatoms. The normalized spacial score (nSPS) is 10.4. The number of nitrogen functional groups attached to an aromatic ring is 1. The summed E-state index contributed by atoms with van der Waals surface area (Å²) in [7, 11) is 0. The first-order valence-electron chi connectivity index (χ1n) is 9.60. The van der Waals surface area contributed by atoms with Gasteiger partial charge in [0.1, 0.15) is 23.1 Å². The van der Waals surface area contributed by atoms with Gasteiger partial charge in [-0.3, -0.25) is 4.79 Å². The van der Waals surface area contributed by atoms with Gasteiger partial charge in [0.25, 0.3) is 5.91 Å². The second kappa shape index (κ2) is 9.59. The number of unbranched alkanes of at least 4 members (excludes halogenated alkanes) is 1. The minimum Gasteiger partial charge on any atom is -0.494 e. The highest BCUT2D eigenvalue weighted by Gasteiger charge is 2.11. The van der Waals surface area contributed by atoms with Crippen LogP contribution in [0.15, 0.2) is 60.7 Å². The second-order valence-corrected chi connectivity index (χ2v) is 6.64. The van der Waals surface area contributed by atoms with E-state index in [0.717, 1.165) is 24.3 Å². The Hall–Kier alpha value is -3.54. The molecule has 0 aliphatic heterocycles. The lowest BCUT2D eigenvalue weighted by Crippen LogP contribution is -2.15. The highest BCUT2D eigenvalue weighted by Crippen LogP contribution is 2.25. The van der Waals surface area contributed by atoms with Crippen LogP contribution in [0.4, 0.5) is 11.5 Å². The van der Waals surface area contributed by atoms with Crippen LogP contribution in [0.5, 0.6) is 17.2 Å². The van der Waals surface area contributed by atoms with E-state index in [-0.39, 0.29) is 11.7 Å². The van der Waals surface area contributed by atoms with Crippen LogP contribution >= 0.6 is 0 Å². The van der Waals surface area contributed by atoms with Crippen molar-refractivity contribution < 1.29 is 14.3 Å². The van der Waals surface area contributed by atoms with Crippen molar-refractivity contribution in [1.82, 2.24) is 4.98 Å². The Morgan fingerprint density at radius 3 is 2.21 bits per heavy atom. The Labute approximate surface area is 170 Å². The number of hydrogen-bond donors (Lipinski definition) is 2. The molecule has 29 heavy (non-hydrogen) atoms. The monoisotopic (exact) mass is 391 g/mol. The van der Waals surface area contributed by atoms with Crippen LogP contribution in [-0.2, 0) is 0 Å². The third-order valence-corrected chi connectivity index (χ3v) is 4.25. The zero-order valence-electron chi connectivity index (χ0n) is 16.6. The van der Waals surface area contributed by atoms with Crippen molar-refractivity contribution in [2.45, 2.75) is 26.7 Å². The van der Waals surface area contributed by atoms with Crippen molar-refractivity contribution in [1.29, 1.82) is 0 Å². The molecular formula is C23H25N3O3. The zero-order chi connectivity index (χ0) is 20.6. The number of nitrogens with zero attached hydrogens (tertiary/aromatic N) is 1. The standard InChI is InChI=1S/C23H25N3O3/c1-3-4-15-28-18-10-12-20(13-11-18)29-19-8-6-17(7-9-19)26-23(27)21-14-5-16(2)25-22(21)24/h5-14H,3-4,15H2,1-2H3,(H2,24,25)(H,26,27). The van der Waals surface area contributed by atoms with E-state index < -0.39 is 0 Å². The summed E-state index contributed by atoms with van der Waals surface area (Å²) >= 11 is 0. The molecule has 1 aromatic heterocycles. The maximum Gasteiger partial charge on any atom is 0.259 e. The summed E-state index contributed by atoms with van der Waals surface area (Å²) in [6.07, 6.45) is 2.14. The van der Waals surface area contributed by atoms with Gasteiger partial charge < -0.3 is 20.5 Å². The van der Waals surface area contributed by atoms with Crippen molar-refractivity contribution in [3.63, 3.8) is 0 Å². The number of nitrogens with two attached hydrogens (primary N) is 1. The summed E-state index contributed by atoms with van der Waals surface area (Å²) in [6.45, 7) is 4.67. The molecule has 0 atom stereocenters. The van der Waals surface area contributed by atoms with Crippen LogP contribution in [-0.4, -0.2) is 17.5 Å². The fraction of sp³-hybridized carbons (Fsp3) is 0.217. The molecule has 0 unspecified atom stereocenters. The maximum atomic E-state index is 12.4. The van der Waals surface area contributed by atoms with Crippen LogP contribution in [0.1, 0.15) is 35.8 Å². The summed E-state index contributed by atoms with van der Waals surface area (Å²) in [5.74, 6) is 2.11. The number of pyridine rings is 1. The number of ether oxygens (including phenoxy) is 2. The van der Waals surface area contributed by atoms with Gasteiger partial charge in [-0.15, -0.1) is 0 Å². The number of amides is 1. The molecule has 3 N–H and O–H groups in total. The Morgan fingerprint density at radius 1 is 0.966 bits per heavy atom. The van der Waals surface area contributed by atoms with Crippen LogP contribution in [0.3, 0.4) is 0 Å². The Bertz CT molecular complexity index is 954. The van der Waals surface area contributed by atoms with Crippen molar-refractivity contribution >= 4 is 17.4 Å². The van der Waals surface area contributed by atoms with E-state index in [1.54, 1.807) is 36.4 Å². The smallest absolute Gasteiger partial charge is 0.259 e. The van der Waals surface area contributed by atoms with Crippen LogP contribution in [0.25, 0.3) is 0 Å². The van der Waals surface area contributed by atoms with Crippen molar-refractivity contribution in [2.24, 2.45) is 0 Å². The molecule has 3 aromatic rings. The Balaban J connectivity index is 1.58. The molecule has 1 amide bonds. The van der Waals surface area contributed by atoms with Crippen LogP contribution < -0.4 is 20.5 Å². The van der Waals surface area contributed by atoms with Crippen LogP contribution in [0.2, 0.25) is 0 Å². The highest BCUT2D eigenvalue weighted by atomic mass is 16.5. The third kappa shape index (κ3) is 5.72. The quantitative estimate of drug-likeness (QED) is 0.516. The summed E-state index contributed by atoms with van der Waals surface area (Å²) in [4.78, 5) is 16.5. The van der Waals surface area contributed by atoms with Crippen molar-refractivity contribution in [3.8, 4) is 17.2 Å². The van der Waals surface area contributed by atoms with Crippen molar-refractivity contribution in [3.05, 3.63) is 71.9 Å².